The standard InChI is InChI=1S/C17H24ClN5/c1-2-3-4-5-6-10-13-19-16-21-15(18)22-17(23-16)20-14-11-8-7-9-12-14/h7-9,11-12H,2-6,10,13H2,1H3,(H2,19,20,21,22,23). The number of para-hydroxylation sites is 1. The fourth-order valence-corrected chi connectivity index (χ4v) is 2.40. The molecule has 0 aliphatic heterocycles. The minimum absolute atomic E-state index is 0.184. The molecule has 0 atom stereocenters. The molecule has 2 N–H and O–H groups in total. The van der Waals surface area contributed by atoms with Gasteiger partial charge < -0.3 is 10.6 Å². The van der Waals surface area contributed by atoms with Gasteiger partial charge in [-0.15, -0.1) is 0 Å². The lowest BCUT2D eigenvalue weighted by atomic mass is 10.1. The molecule has 2 aromatic rings. The van der Waals surface area contributed by atoms with Crippen molar-refractivity contribution in [2.24, 2.45) is 0 Å². The third-order valence-corrected chi connectivity index (χ3v) is 3.62. The average Bonchev–Trinajstić information content (AvgIpc) is 2.54. The number of anilines is 3. The molecule has 0 spiro atoms. The number of rotatable bonds is 10. The maximum absolute atomic E-state index is 5.97. The zero-order chi connectivity index (χ0) is 16.3. The van der Waals surface area contributed by atoms with Gasteiger partial charge in [-0.3, -0.25) is 0 Å². The molecule has 23 heavy (non-hydrogen) atoms. The van der Waals surface area contributed by atoms with E-state index in [9.17, 15) is 0 Å². The van der Waals surface area contributed by atoms with Crippen molar-refractivity contribution in [2.75, 3.05) is 17.2 Å². The zero-order valence-corrected chi connectivity index (χ0v) is 14.3. The Morgan fingerprint density at radius 2 is 1.57 bits per heavy atom. The topological polar surface area (TPSA) is 62.7 Å². The SMILES string of the molecule is CCCCCCCCNc1nc(Cl)nc(Nc2ccccc2)n1. The molecule has 6 heteroatoms. The highest BCUT2D eigenvalue weighted by molar-refractivity contribution is 6.28. The van der Waals surface area contributed by atoms with Crippen LogP contribution in [0.2, 0.25) is 5.28 Å². The Kier molecular flexibility index (Phi) is 7.60. The molecule has 0 aliphatic rings. The number of hydrogen-bond acceptors (Lipinski definition) is 5. The maximum atomic E-state index is 5.97. The highest BCUT2D eigenvalue weighted by Crippen LogP contribution is 2.15. The summed E-state index contributed by atoms with van der Waals surface area (Å²) in [6, 6.07) is 9.74. The van der Waals surface area contributed by atoms with Gasteiger partial charge in [-0.25, -0.2) is 0 Å². The molecule has 0 saturated heterocycles. The van der Waals surface area contributed by atoms with E-state index in [2.05, 4.69) is 32.5 Å². The van der Waals surface area contributed by atoms with Crippen LogP contribution in [0.5, 0.6) is 0 Å². The first-order chi connectivity index (χ1) is 11.3. The van der Waals surface area contributed by atoms with Gasteiger partial charge in [-0.05, 0) is 30.2 Å². The second kappa shape index (κ2) is 10.0. The van der Waals surface area contributed by atoms with Crippen LogP contribution in [0.15, 0.2) is 30.3 Å². The number of nitrogens with zero attached hydrogens (tertiary/aromatic N) is 3. The molecular formula is C17H24ClN5. The molecule has 2 rings (SSSR count). The van der Waals surface area contributed by atoms with Crippen molar-refractivity contribution >= 4 is 29.2 Å². The Morgan fingerprint density at radius 3 is 2.35 bits per heavy atom. The van der Waals surface area contributed by atoms with E-state index >= 15 is 0 Å². The van der Waals surface area contributed by atoms with Crippen LogP contribution in [-0.2, 0) is 0 Å². The third kappa shape index (κ3) is 6.82. The largest absolute Gasteiger partial charge is 0.354 e. The lowest BCUT2D eigenvalue weighted by Crippen LogP contribution is -2.08. The summed E-state index contributed by atoms with van der Waals surface area (Å²) in [5, 5.41) is 6.52. The van der Waals surface area contributed by atoms with E-state index in [0.717, 1.165) is 18.7 Å². The van der Waals surface area contributed by atoms with Crippen LogP contribution in [-0.4, -0.2) is 21.5 Å². The van der Waals surface area contributed by atoms with Crippen molar-refractivity contribution in [2.45, 2.75) is 45.4 Å². The number of halogens is 1. The molecule has 0 fully saturated rings. The minimum Gasteiger partial charge on any atom is -0.354 e. The van der Waals surface area contributed by atoms with Gasteiger partial charge in [0.25, 0.3) is 0 Å². The van der Waals surface area contributed by atoms with Gasteiger partial charge in [0.05, 0.1) is 0 Å². The predicted octanol–water partition coefficient (Wildman–Crippen LogP) is 5.04. The van der Waals surface area contributed by atoms with E-state index in [4.69, 9.17) is 11.6 Å². The summed E-state index contributed by atoms with van der Waals surface area (Å²) in [6.45, 7) is 3.07. The molecular weight excluding hydrogens is 310 g/mol. The fourth-order valence-electron chi connectivity index (χ4n) is 2.24. The van der Waals surface area contributed by atoms with Crippen molar-refractivity contribution < 1.29 is 0 Å². The summed E-state index contributed by atoms with van der Waals surface area (Å²) < 4.78 is 0. The quantitative estimate of drug-likeness (QED) is 0.596. The first-order valence-corrected chi connectivity index (χ1v) is 8.63. The number of unbranched alkanes of at least 4 members (excludes halogenated alkanes) is 5. The molecule has 0 amide bonds. The lowest BCUT2D eigenvalue weighted by molar-refractivity contribution is 0.616. The van der Waals surface area contributed by atoms with Crippen molar-refractivity contribution in [3.8, 4) is 0 Å². The van der Waals surface area contributed by atoms with Crippen LogP contribution in [0, 0.1) is 0 Å². The molecule has 1 heterocycles. The molecule has 0 bridgehead atoms. The summed E-state index contributed by atoms with van der Waals surface area (Å²) in [4.78, 5) is 12.6. The van der Waals surface area contributed by atoms with Gasteiger partial charge in [0, 0.05) is 12.2 Å². The molecule has 1 aromatic carbocycles. The summed E-state index contributed by atoms with van der Waals surface area (Å²) in [7, 11) is 0. The van der Waals surface area contributed by atoms with Crippen molar-refractivity contribution in [3.63, 3.8) is 0 Å². The Bertz CT molecular complexity index is 576. The van der Waals surface area contributed by atoms with Crippen LogP contribution in [0.25, 0.3) is 0 Å². The van der Waals surface area contributed by atoms with Crippen molar-refractivity contribution in [3.05, 3.63) is 35.6 Å². The van der Waals surface area contributed by atoms with Crippen LogP contribution < -0.4 is 10.6 Å². The lowest BCUT2D eigenvalue weighted by Gasteiger charge is -2.08. The molecule has 0 unspecified atom stereocenters. The van der Waals surface area contributed by atoms with E-state index in [-0.39, 0.29) is 5.28 Å². The Balaban J connectivity index is 1.80. The highest BCUT2D eigenvalue weighted by atomic mass is 35.5. The summed E-state index contributed by atoms with van der Waals surface area (Å²) in [6.07, 6.45) is 7.53. The van der Waals surface area contributed by atoms with E-state index in [1.54, 1.807) is 0 Å². The average molecular weight is 334 g/mol. The highest BCUT2D eigenvalue weighted by Gasteiger charge is 2.05. The van der Waals surface area contributed by atoms with E-state index in [1.165, 1.54) is 32.1 Å². The smallest absolute Gasteiger partial charge is 0.233 e. The van der Waals surface area contributed by atoms with Crippen LogP contribution in [0.4, 0.5) is 17.6 Å². The van der Waals surface area contributed by atoms with Gasteiger partial charge in [0.15, 0.2) is 0 Å². The predicted molar refractivity (Wildman–Crippen MR) is 96.4 cm³/mol. The van der Waals surface area contributed by atoms with Gasteiger partial charge in [0.1, 0.15) is 0 Å². The Labute approximate surface area is 142 Å². The summed E-state index contributed by atoms with van der Waals surface area (Å²) in [5.74, 6) is 0.957. The van der Waals surface area contributed by atoms with E-state index in [0.29, 0.717) is 11.9 Å². The van der Waals surface area contributed by atoms with Gasteiger partial charge in [-0.1, -0.05) is 57.2 Å². The molecule has 1 aromatic heterocycles. The van der Waals surface area contributed by atoms with Crippen LogP contribution >= 0.6 is 11.6 Å². The van der Waals surface area contributed by atoms with Crippen LogP contribution in [0.1, 0.15) is 45.4 Å². The number of hydrogen-bond donors (Lipinski definition) is 2. The first-order valence-electron chi connectivity index (χ1n) is 8.25. The van der Waals surface area contributed by atoms with Gasteiger partial charge in [-0.2, -0.15) is 15.0 Å². The molecule has 0 aliphatic carbocycles. The first kappa shape index (κ1) is 17.5. The molecule has 0 saturated carbocycles. The fraction of sp³-hybridized carbons (Fsp3) is 0.471. The second-order valence-corrected chi connectivity index (χ2v) is 5.78. The monoisotopic (exact) mass is 333 g/mol. The Hall–Kier alpha value is -1.88. The maximum Gasteiger partial charge on any atom is 0.233 e. The normalized spacial score (nSPS) is 10.5. The number of nitrogens with one attached hydrogen (secondary N) is 2. The van der Waals surface area contributed by atoms with E-state index in [1.807, 2.05) is 30.3 Å². The minimum atomic E-state index is 0.184. The van der Waals surface area contributed by atoms with Gasteiger partial charge in [0.2, 0.25) is 17.2 Å². The van der Waals surface area contributed by atoms with Crippen LogP contribution in [0.3, 0.4) is 0 Å². The zero-order valence-electron chi connectivity index (χ0n) is 13.6. The molecule has 5 nitrogen and oxygen atoms in total. The summed E-state index contributed by atoms with van der Waals surface area (Å²) in [5.41, 5.74) is 0.914. The third-order valence-electron chi connectivity index (χ3n) is 3.45. The molecule has 0 radical (unpaired) electrons. The van der Waals surface area contributed by atoms with Crippen molar-refractivity contribution in [1.82, 2.24) is 15.0 Å². The summed E-state index contributed by atoms with van der Waals surface area (Å²) >= 11 is 5.97. The second-order valence-electron chi connectivity index (χ2n) is 5.44. The Morgan fingerprint density at radius 1 is 0.870 bits per heavy atom. The van der Waals surface area contributed by atoms with Gasteiger partial charge >= 0.3 is 0 Å². The number of benzene rings is 1. The van der Waals surface area contributed by atoms with Crippen molar-refractivity contribution in [1.29, 1.82) is 0 Å². The number of aromatic nitrogens is 3. The van der Waals surface area contributed by atoms with E-state index < -0.39 is 0 Å². The molecule has 124 valence electrons.